The average molecular weight is 417 g/mol. The fourth-order valence-corrected chi connectivity index (χ4v) is 4.59. The van der Waals surface area contributed by atoms with E-state index in [1.807, 2.05) is 16.8 Å². The van der Waals surface area contributed by atoms with Gasteiger partial charge in [0, 0.05) is 11.1 Å². The summed E-state index contributed by atoms with van der Waals surface area (Å²) >= 11 is 0. The van der Waals surface area contributed by atoms with Crippen LogP contribution in [-0.4, -0.2) is 46.4 Å². The lowest BCUT2D eigenvalue weighted by atomic mass is 9.96. The largest absolute Gasteiger partial charge is 0.467 e. The Morgan fingerprint density at radius 1 is 0.839 bits per heavy atom. The highest BCUT2D eigenvalue weighted by atomic mass is 16.3. The number of nitrogens with zero attached hydrogens (tertiary/aromatic N) is 4. The summed E-state index contributed by atoms with van der Waals surface area (Å²) in [4.78, 5) is 3.15. The number of hydrogen-bond donors (Lipinski definition) is 2. The molecule has 0 unspecified atom stereocenters. The van der Waals surface area contributed by atoms with Crippen molar-refractivity contribution < 1.29 is 14.2 Å². The van der Waals surface area contributed by atoms with E-state index >= 15 is 0 Å². The third-order valence-corrected chi connectivity index (χ3v) is 6.17. The Labute approximate surface area is 181 Å². The molecular formula is C24H28N6O+2. The molecule has 0 amide bonds. The Morgan fingerprint density at radius 3 is 2.13 bits per heavy atom. The van der Waals surface area contributed by atoms with E-state index in [9.17, 15) is 0 Å². The van der Waals surface area contributed by atoms with Crippen LogP contribution >= 0.6 is 0 Å². The molecule has 7 nitrogen and oxygen atoms in total. The van der Waals surface area contributed by atoms with Gasteiger partial charge >= 0.3 is 0 Å². The molecule has 2 aromatic heterocycles. The van der Waals surface area contributed by atoms with Crippen molar-refractivity contribution in [2.45, 2.75) is 19.1 Å². The summed E-state index contributed by atoms with van der Waals surface area (Å²) < 4.78 is 7.30. The second-order valence-corrected chi connectivity index (χ2v) is 8.17. The first-order valence-electron chi connectivity index (χ1n) is 10.9. The monoisotopic (exact) mass is 416 g/mol. The van der Waals surface area contributed by atoms with Crippen LogP contribution < -0.4 is 9.80 Å². The summed E-state index contributed by atoms with van der Waals surface area (Å²) in [5, 5.41) is 12.3. The molecule has 2 N–H and O–H groups in total. The van der Waals surface area contributed by atoms with Crippen molar-refractivity contribution in [2.24, 2.45) is 0 Å². The summed E-state index contributed by atoms with van der Waals surface area (Å²) in [6, 6.07) is 26.0. The zero-order chi connectivity index (χ0) is 20.9. The molecule has 158 valence electrons. The van der Waals surface area contributed by atoms with Crippen molar-refractivity contribution in [2.75, 3.05) is 26.2 Å². The standard InChI is InChI=1S/C24H26N6O/c1-3-8-20(9-4-1)24(21-10-5-2-6-11-21)29-15-13-28(14-16-29)19-23-25-26-27-30(23)18-22-12-7-17-31-22/h1-12,17,24H,13-16,18-19H2/p+2. The maximum absolute atomic E-state index is 5.45. The molecule has 0 bridgehead atoms. The van der Waals surface area contributed by atoms with Crippen molar-refractivity contribution >= 4 is 0 Å². The summed E-state index contributed by atoms with van der Waals surface area (Å²) in [7, 11) is 0. The van der Waals surface area contributed by atoms with Crippen LogP contribution in [0.2, 0.25) is 0 Å². The van der Waals surface area contributed by atoms with Gasteiger partial charge in [-0.2, -0.15) is 0 Å². The molecule has 5 rings (SSSR count). The summed E-state index contributed by atoms with van der Waals surface area (Å²) in [5.41, 5.74) is 2.77. The summed E-state index contributed by atoms with van der Waals surface area (Å²) in [6.07, 6.45) is 1.68. The number of furan rings is 1. The van der Waals surface area contributed by atoms with E-state index in [4.69, 9.17) is 4.42 Å². The molecule has 2 aromatic carbocycles. The third kappa shape index (κ3) is 4.57. The van der Waals surface area contributed by atoms with E-state index in [0.717, 1.165) is 44.3 Å². The van der Waals surface area contributed by atoms with Gasteiger partial charge in [0.25, 0.3) is 0 Å². The Kier molecular flexibility index (Phi) is 5.86. The molecule has 0 saturated carbocycles. The van der Waals surface area contributed by atoms with Crippen LogP contribution in [0, 0.1) is 0 Å². The minimum Gasteiger partial charge on any atom is -0.467 e. The summed E-state index contributed by atoms with van der Waals surface area (Å²) in [6.45, 7) is 5.83. The number of piperazine rings is 1. The van der Waals surface area contributed by atoms with Gasteiger partial charge in [0.1, 0.15) is 51.1 Å². The van der Waals surface area contributed by atoms with Gasteiger partial charge in [-0.1, -0.05) is 60.7 Å². The van der Waals surface area contributed by atoms with Gasteiger partial charge in [-0.05, 0) is 22.6 Å². The number of rotatable bonds is 7. The van der Waals surface area contributed by atoms with Crippen molar-refractivity contribution in [1.29, 1.82) is 0 Å². The van der Waals surface area contributed by atoms with Gasteiger partial charge in [-0.3, -0.25) is 0 Å². The van der Waals surface area contributed by atoms with Gasteiger partial charge in [-0.15, -0.1) is 5.10 Å². The number of tetrazole rings is 1. The molecular weight excluding hydrogens is 388 g/mol. The van der Waals surface area contributed by atoms with Crippen LogP contribution in [0.4, 0.5) is 0 Å². The lowest BCUT2D eigenvalue weighted by molar-refractivity contribution is -1.03. The molecule has 0 spiro atoms. The van der Waals surface area contributed by atoms with Crippen LogP contribution in [0.1, 0.15) is 28.8 Å². The Hall–Kier alpha value is -3.29. The second kappa shape index (κ2) is 9.24. The number of quaternary nitrogens is 2. The minimum absolute atomic E-state index is 0.369. The van der Waals surface area contributed by atoms with Crippen LogP contribution in [0.25, 0.3) is 0 Å². The molecule has 1 aliphatic rings. The van der Waals surface area contributed by atoms with Crippen LogP contribution in [0.3, 0.4) is 0 Å². The van der Waals surface area contributed by atoms with Gasteiger partial charge in [0.05, 0.1) is 6.26 Å². The lowest BCUT2D eigenvalue weighted by Gasteiger charge is -2.35. The van der Waals surface area contributed by atoms with E-state index in [1.165, 1.54) is 16.0 Å². The first-order chi connectivity index (χ1) is 15.4. The SMILES string of the molecule is c1ccc(C(c2ccccc2)[NH+]2CC[NH+](Cc3nnnn3Cc3ccco3)CC2)cc1. The molecule has 4 aromatic rings. The van der Waals surface area contributed by atoms with Crippen molar-refractivity contribution in [3.63, 3.8) is 0 Å². The van der Waals surface area contributed by atoms with Crippen LogP contribution in [-0.2, 0) is 13.1 Å². The van der Waals surface area contributed by atoms with Crippen molar-refractivity contribution in [3.8, 4) is 0 Å². The molecule has 0 atom stereocenters. The average Bonchev–Trinajstić information content (AvgIpc) is 3.49. The third-order valence-electron chi connectivity index (χ3n) is 6.17. The van der Waals surface area contributed by atoms with E-state index in [1.54, 1.807) is 11.2 Å². The number of hydrogen-bond acceptors (Lipinski definition) is 4. The maximum atomic E-state index is 5.45. The minimum atomic E-state index is 0.369. The maximum Gasteiger partial charge on any atom is 0.206 e. The zero-order valence-electron chi connectivity index (χ0n) is 17.5. The molecule has 3 heterocycles. The highest BCUT2D eigenvalue weighted by molar-refractivity contribution is 5.29. The Bertz CT molecular complexity index is 1020. The quantitative estimate of drug-likeness (QED) is 0.457. The predicted octanol–water partition coefficient (Wildman–Crippen LogP) is 0.387. The highest BCUT2D eigenvalue weighted by Gasteiger charge is 2.32. The molecule has 31 heavy (non-hydrogen) atoms. The normalized spacial score (nSPS) is 19.0. The Morgan fingerprint density at radius 2 is 1.52 bits per heavy atom. The predicted molar refractivity (Wildman–Crippen MR) is 115 cm³/mol. The van der Waals surface area contributed by atoms with E-state index < -0.39 is 0 Å². The topological polar surface area (TPSA) is 65.6 Å². The van der Waals surface area contributed by atoms with Gasteiger partial charge < -0.3 is 14.2 Å². The molecule has 0 radical (unpaired) electrons. The molecule has 0 aliphatic carbocycles. The second-order valence-electron chi connectivity index (χ2n) is 8.17. The number of nitrogens with one attached hydrogen (secondary N) is 2. The van der Waals surface area contributed by atoms with Crippen molar-refractivity contribution in [3.05, 3.63) is 102 Å². The fraction of sp³-hybridized carbons (Fsp3) is 0.292. The molecule has 1 fully saturated rings. The number of aromatic nitrogens is 4. The van der Waals surface area contributed by atoms with Gasteiger partial charge in [-0.25, -0.2) is 4.68 Å². The van der Waals surface area contributed by atoms with Crippen LogP contribution in [0.5, 0.6) is 0 Å². The fourth-order valence-electron chi connectivity index (χ4n) is 4.59. The Balaban J connectivity index is 1.26. The smallest absolute Gasteiger partial charge is 0.206 e. The molecule has 7 heteroatoms. The molecule has 1 saturated heterocycles. The highest BCUT2D eigenvalue weighted by Crippen LogP contribution is 2.18. The van der Waals surface area contributed by atoms with Crippen molar-refractivity contribution in [1.82, 2.24) is 20.2 Å². The van der Waals surface area contributed by atoms with E-state index in [-0.39, 0.29) is 0 Å². The van der Waals surface area contributed by atoms with E-state index in [2.05, 4.69) is 76.2 Å². The number of benzene rings is 2. The zero-order valence-corrected chi connectivity index (χ0v) is 17.5. The van der Waals surface area contributed by atoms with Gasteiger partial charge in [0.15, 0.2) is 0 Å². The van der Waals surface area contributed by atoms with Gasteiger partial charge in [0.2, 0.25) is 5.82 Å². The first kappa shape index (κ1) is 19.7. The lowest BCUT2D eigenvalue weighted by Crippen LogP contribution is -3.27. The molecule has 1 aliphatic heterocycles. The first-order valence-corrected chi connectivity index (χ1v) is 10.9. The summed E-state index contributed by atoms with van der Waals surface area (Å²) in [5.74, 6) is 1.78. The van der Waals surface area contributed by atoms with E-state index in [0.29, 0.717) is 12.6 Å². The van der Waals surface area contributed by atoms with Crippen LogP contribution in [0.15, 0.2) is 83.5 Å².